The summed E-state index contributed by atoms with van der Waals surface area (Å²) < 4.78 is 0. The molecule has 3 nitrogen and oxygen atoms in total. The quantitative estimate of drug-likeness (QED) is 0.849. The molecule has 0 heterocycles. The third kappa shape index (κ3) is 2.75. The van der Waals surface area contributed by atoms with Crippen molar-refractivity contribution in [3.63, 3.8) is 0 Å². The second-order valence-electron chi connectivity index (χ2n) is 4.30. The molecule has 0 bridgehead atoms. The first-order chi connectivity index (χ1) is 7.43. The first-order valence-electron chi connectivity index (χ1n) is 5.44. The lowest BCUT2D eigenvalue weighted by Gasteiger charge is -2.29. The van der Waals surface area contributed by atoms with Crippen molar-refractivity contribution in [1.82, 2.24) is 0 Å². The fraction of sp³-hybridized carbons (Fsp3) is 0.462. The van der Waals surface area contributed by atoms with E-state index in [1.165, 1.54) is 11.1 Å². The first kappa shape index (κ1) is 12.6. The van der Waals surface area contributed by atoms with Crippen LogP contribution in [-0.4, -0.2) is 24.2 Å². The fourth-order valence-corrected chi connectivity index (χ4v) is 1.97. The zero-order valence-corrected chi connectivity index (χ0v) is 10.3. The minimum atomic E-state index is -0.759. The largest absolute Gasteiger partial charge is 0.481 e. The predicted octanol–water partition coefficient (Wildman–Crippen LogP) is 2.60. The van der Waals surface area contributed by atoms with E-state index in [9.17, 15) is 4.79 Å². The molecule has 0 saturated carbocycles. The van der Waals surface area contributed by atoms with Gasteiger partial charge in [0.05, 0.1) is 6.42 Å². The molecule has 0 aliphatic heterocycles. The van der Waals surface area contributed by atoms with Gasteiger partial charge in [0.25, 0.3) is 0 Å². The number of carboxylic acid groups (broad SMARTS) is 1. The number of para-hydroxylation sites is 1. The summed E-state index contributed by atoms with van der Waals surface area (Å²) in [5.41, 5.74) is 3.50. The summed E-state index contributed by atoms with van der Waals surface area (Å²) in [6, 6.07) is 6.11. The molecule has 1 rings (SSSR count). The van der Waals surface area contributed by atoms with E-state index in [1.807, 2.05) is 50.9 Å². The van der Waals surface area contributed by atoms with Crippen LogP contribution in [0.15, 0.2) is 18.2 Å². The van der Waals surface area contributed by atoms with E-state index in [0.29, 0.717) is 0 Å². The molecule has 1 unspecified atom stereocenters. The van der Waals surface area contributed by atoms with Crippen molar-refractivity contribution < 1.29 is 9.90 Å². The van der Waals surface area contributed by atoms with Crippen molar-refractivity contribution >= 4 is 11.7 Å². The number of anilines is 1. The fourth-order valence-electron chi connectivity index (χ4n) is 1.97. The summed E-state index contributed by atoms with van der Waals surface area (Å²) in [5, 5.41) is 8.79. The molecule has 1 N–H and O–H groups in total. The molecule has 0 aliphatic rings. The summed E-state index contributed by atoms with van der Waals surface area (Å²) in [6.45, 7) is 6.03. The summed E-state index contributed by atoms with van der Waals surface area (Å²) in [5.74, 6) is -0.759. The van der Waals surface area contributed by atoms with Gasteiger partial charge in [-0.2, -0.15) is 0 Å². The highest BCUT2D eigenvalue weighted by atomic mass is 16.4. The van der Waals surface area contributed by atoms with Gasteiger partial charge in [-0.05, 0) is 31.9 Å². The third-order valence-corrected chi connectivity index (χ3v) is 2.92. The Morgan fingerprint density at radius 2 is 1.88 bits per heavy atom. The van der Waals surface area contributed by atoms with Gasteiger partial charge in [-0.3, -0.25) is 4.79 Å². The SMILES string of the molecule is Cc1cccc(C)c1N(C)C(C)CC(=O)O. The molecule has 0 aromatic heterocycles. The summed E-state index contributed by atoms with van der Waals surface area (Å²) in [7, 11) is 1.95. The average Bonchev–Trinajstić information content (AvgIpc) is 2.16. The van der Waals surface area contributed by atoms with E-state index >= 15 is 0 Å². The maximum Gasteiger partial charge on any atom is 0.305 e. The lowest BCUT2D eigenvalue weighted by Crippen LogP contribution is -2.32. The molecule has 0 spiro atoms. The normalized spacial score (nSPS) is 12.2. The summed E-state index contributed by atoms with van der Waals surface area (Å²) in [6.07, 6.45) is 0.157. The van der Waals surface area contributed by atoms with E-state index in [2.05, 4.69) is 0 Å². The molecule has 88 valence electrons. The van der Waals surface area contributed by atoms with E-state index in [-0.39, 0.29) is 12.5 Å². The number of carbonyl (C=O) groups is 1. The highest BCUT2D eigenvalue weighted by Crippen LogP contribution is 2.25. The molecule has 1 atom stereocenters. The van der Waals surface area contributed by atoms with Crippen molar-refractivity contribution in [1.29, 1.82) is 0 Å². The lowest BCUT2D eigenvalue weighted by molar-refractivity contribution is -0.137. The van der Waals surface area contributed by atoms with Gasteiger partial charge in [-0.15, -0.1) is 0 Å². The first-order valence-corrected chi connectivity index (χ1v) is 5.44. The van der Waals surface area contributed by atoms with Crippen LogP contribution in [-0.2, 0) is 4.79 Å². The molecular formula is C13H19NO2. The van der Waals surface area contributed by atoms with Crippen molar-refractivity contribution in [2.24, 2.45) is 0 Å². The molecular weight excluding hydrogens is 202 g/mol. The number of hydrogen-bond acceptors (Lipinski definition) is 2. The molecule has 0 amide bonds. The van der Waals surface area contributed by atoms with Crippen LogP contribution in [0.2, 0.25) is 0 Å². The van der Waals surface area contributed by atoms with Crippen LogP contribution in [0.3, 0.4) is 0 Å². The van der Waals surface area contributed by atoms with Gasteiger partial charge in [-0.1, -0.05) is 18.2 Å². The van der Waals surface area contributed by atoms with Crippen molar-refractivity contribution in [2.75, 3.05) is 11.9 Å². The minimum Gasteiger partial charge on any atom is -0.481 e. The van der Waals surface area contributed by atoms with Gasteiger partial charge in [0.15, 0.2) is 0 Å². The van der Waals surface area contributed by atoms with Gasteiger partial charge < -0.3 is 10.0 Å². The highest BCUT2D eigenvalue weighted by molar-refractivity contribution is 5.69. The number of aliphatic carboxylic acids is 1. The smallest absolute Gasteiger partial charge is 0.305 e. The molecule has 0 radical (unpaired) electrons. The average molecular weight is 221 g/mol. The van der Waals surface area contributed by atoms with E-state index in [0.717, 1.165) is 5.69 Å². The van der Waals surface area contributed by atoms with Crippen molar-refractivity contribution in [3.8, 4) is 0 Å². The third-order valence-electron chi connectivity index (χ3n) is 2.92. The van der Waals surface area contributed by atoms with Gasteiger partial charge in [0.1, 0.15) is 0 Å². The van der Waals surface area contributed by atoms with Crippen LogP contribution in [0.4, 0.5) is 5.69 Å². The lowest BCUT2D eigenvalue weighted by atomic mass is 10.1. The van der Waals surface area contributed by atoms with Crippen LogP contribution in [0, 0.1) is 13.8 Å². The van der Waals surface area contributed by atoms with E-state index in [1.54, 1.807) is 0 Å². The van der Waals surface area contributed by atoms with Crippen LogP contribution >= 0.6 is 0 Å². The van der Waals surface area contributed by atoms with E-state index < -0.39 is 5.97 Å². The van der Waals surface area contributed by atoms with E-state index in [4.69, 9.17) is 5.11 Å². The van der Waals surface area contributed by atoms with Crippen molar-refractivity contribution in [2.45, 2.75) is 33.2 Å². The maximum atomic E-state index is 10.7. The number of benzene rings is 1. The molecule has 0 fully saturated rings. The molecule has 0 aliphatic carbocycles. The number of hydrogen-bond donors (Lipinski definition) is 1. The van der Waals surface area contributed by atoms with Crippen LogP contribution in [0.5, 0.6) is 0 Å². The number of carboxylic acids is 1. The molecule has 3 heteroatoms. The Morgan fingerprint density at radius 3 is 2.31 bits per heavy atom. The minimum absolute atomic E-state index is 0.00250. The Hall–Kier alpha value is -1.51. The van der Waals surface area contributed by atoms with Gasteiger partial charge in [-0.25, -0.2) is 0 Å². The Morgan fingerprint density at radius 1 is 1.38 bits per heavy atom. The Balaban J connectivity index is 2.95. The Labute approximate surface area is 96.7 Å². The Bertz CT molecular complexity index is 367. The topological polar surface area (TPSA) is 40.5 Å². The predicted molar refractivity (Wildman–Crippen MR) is 66.0 cm³/mol. The standard InChI is InChI=1S/C13H19NO2/c1-9-6-5-7-10(2)13(9)14(4)11(3)8-12(15)16/h5-7,11H,8H2,1-4H3,(H,15,16). The zero-order valence-electron chi connectivity index (χ0n) is 10.3. The van der Waals surface area contributed by atoms with Crippen LogP contribution < -0.4 is 4.90 Å². The highest BCUT2D eigenvalue weighted by Gasteiger charge is 2.16. The number of nitrogens with zero attached hydrogens (tertiary/aromatic N) is 1. The molecule has 16 heavy (non-hydrogen) atoms. The zero-order chi connectivity index (χ0) is 12.3. The van der Waals surface area contributed by atoms with Crippen molar-refractivity contribution in [3.05, 3.63) is 29.3 Å². The van der Waals surface area contributed by atoms with Gasteiger partial charge in [0, 0.05) is 18.8 Å². The Kier molecular flexibility index (Phi) is 3.93. The summed E-state index contributed by atoms with van der Waals surface area (Å²) >= 11 is 0. The monoisotopic (exact) mass is 221 g/mol. The second-order valence-corrected chi connectivity index (χ2v) is 4.30. The summed E-state index contributed by atoms with van der Waals surface area (Å²) in [4.78, 5) is 12.7. The van der Waals surface area contributed by atoms with Gasteiger partial charge >= 0.3 is 5.97 Å². The number of aryl methyl sites for hydroxylation is 2. The number of rotatable bonds is 4. The molecule has 1 aromatic carbocycles. The van der Waals surface area contributed by atoms with Crippen LogP contribution in [0.25, 0.3) is 0 Å². The molecule has 0 saturated heterocycles. The maximum absolute atomic E-state index is 10.7. The van der Waals surface area contributed by atoms with Gasteiger partial charge in [0.2, 0.25) is 0 Å². The second kappa shape index (κ2) is 5.01. The molecule has 1 aromatic rings. The van der Waals surface area contributed by atoms with Crippen LogP contribution in [0.1, 0.15) is 24.5 Å².